The summed E-state index contributed by atoms with van der Waals surface area (Å²) in [6, 6.07) is 4.62. The van der Waals surface area contributed by atoms with E-state index in [9.17, 15) is 8.42 Å². The molecule has 3 atom stereocenters. The van der Waals surface area contributed by atoms with E-state index in [1.807, 2.05) is 0 Å². The lowest BCUT2D eigenvalue weighted by Gasteiger charge is -2.21. The number of anilines is 1. The summed E-state index contributed by atoms with van der Waals surface area (Å²) in [5.41, 5.74) is 6.05. The molecule has 0 saturated heterocycles. The minimum absolute atomic E-state index is 0.0125. The van der Waals surface area contributed by atoms with Gasteiger partial charge in [0.2, 0.25) is 10.0 Å². The molecule has 0 bridgehead atoms. The lowest BCUT2D eigenvalue weighted by molar-refractivity contribution is 0.368. The fourth-order valence-corrected chi connectivity index (χ4v) is 4.63. The van der Waals surface area contributed by atoms with Crippen molar-refractivity contribution < 1.29 is 13.2 Å². The zero-order chi connectivity index (χ0) is 15.6. The Labute approximate surface area is 126 Å². The smallest absolute Gasteiger partial charge is 0.242 e. The number of methoxy groups -OCH3 is 1. The number of nitrogens with one attached hydrogen (secondary N) is 1. The minimum atomic E-state index is -3.59. The van der Waals surface area contributed by atoms with Crippen molar-refractivity contribution in [2.24, 2.45) is 11.8 Å². The summed E-state index contributed by atoms with van der Waals surface area (Å²) in [5, 5.41) is 0. The van der Waals surface area contributed by atoms with Crippen LogP contribution in [0.15, 0.2) is 23.1 Å². The Kier molecular flexibility index (Phi) is 4.78. The van der Waals surface area contributed by atoms with Crippen LogP contribution in [0.1, 0.15) is 33.1 Å². The lowest BCUT2D eigenvalue weighted by Crippen LogP contribution is -2.37. The van der Waals surface area contributed by atoms with E-state index in [1.54, 1.807) is 6.07 Å². The summed E-state index contributed by atoms with van der Waals surface area (Å²) in [6.45, 7) is 4.27. The number of hydrogen-bond donors (Lipinski definition) is 2. The Hall–Kier alpha value is -1.27. The van der Waals surface area contributed by atoms with Gasteiger partial charge >= 0.3 is 0 Å². The molecule has 0 aromatic heterocycles. The summed E-state index contributed by atoms with van der Waals surface area (Å²) in [5.74, 6) is 1.49. The van der Waals surface area contributed by atoms with E-state index in [2.05, 4.69) is 18.6 Å². The fourth-order valence-electron chi connectivity index (χ4n) is 3.15. The first-order valence-corrected chi connectivity index (χ1v) is 8.83. The van der Waals surface area contributed by atoms with E-state index in [-0.39, 0.29) is 16.6 Å². The number of benzene rings is 1. The van der Waals surface area contributed by atoms with Crippen molar-refractivity contribution in [2.75, 3.05) is 12.8 Å². The Morgan fingerprint density at radius 1 is 1.38 bits per heavy atom. The molecule has 21 heavy (non-hydrogen) atoms. The van der Waals surface area contributed by atoms with Gasteiger partial charge in [0, 0.05) is 12.1 Å². The first kappa shape index (κ1) is 16.1. The second-order valence-electron chi connectivity index (χ2n) is 5.74. The van der Waals surface area contributed by atoms with Crippen LogP contribution in [-0.2, 0) is 10.0 Å². The molecule has 0 radical (unpaired) electrons. The van der Waals surface area contributed by atoms with Crippen molar-refractivity contribution in [1.82, 2.24) is 4.72 Å². The van der Waals surface area contributed by atoms with E-state index < -0.39 is 10.0 Å². The number of rotatable bonds is 5. The molecule has 0 amide bonds. The van der Waals surface area contributed by atoms with Crippen LogP contribution in [-0.4, -0.2) is 21.6 Å². The SMILES string of the molecule is CCC1CCC(NS(=O)(=O)c2ccc(OC)cc2N)C1C. The van der Waals surface area contributed by atoms with Gasteiger partial charge in [0.15, 0.2) is 0 Å². The predicted molar refractivity (Wildman–Crippen MR) is 83.7 cm³/mol. The molecule has 1 saturated carbocycles. The molecular weight excluding hydrogens is 288 g/mol. The van der Waals surface area contributed by atoms with Crippen molar-refractivity contribution in [3.05, 3.63) is 18.2 Å². The molecule has 3 N–H and O–H groups in total. The Balaban J connectivity index is 2.19. The summed E-state index contributed by atoms with van der Waals surface area (Å²) in [6.07, 6.45) is 3.04. The molecule has 0 heterocycles. The van der Waals surface area contributed by atoms with E-state index in [1.165, 1.54) is 19.2 Å². The molecule has 1 fully saturated rings. The highest BCUT2D eigenvalue weighted by atomic mass is 32.2. The Bertz CT molecular complexity index is 601. The average molecular weight is 312 g/mol. The third-order valence-corrected chi connectivity index (χ3v) is 6.13. The maximum absolute atomic E-state index is 12.5. The van der Waals surface area contributed by atoms with Gasteiger partial charge in [0.05, 0.1) is 12.8 Å². The van der Waals surface area contributed by atoms with Crippen molar-refractivity contribution in [3.8, 4) is 5.75 Å². The van der Waals surface area contributed by atoms with Crippen LogP contribution in [0, 0.1) is 11.8 Å². The van der Waals surface area contributed by atoms with Crippen LogP contribution < -0.4 is 15.2 Å². The minimum Gasteiger partial charge on any atom is -0.497 e. The van der Waals surface area contributed by atoms with E-state index in [0.29, 0.717) is 17.6 Å². The predicted octanol–water partition coefficient (Wildman–Crippen LogP) is 2.38. The fraction of sp³-hybridized carbons (Fsp3) is 0.600. The monoisotopic (exact) mass is 312 g/mol. The van der Waals surface area contributed by atoms with E-state index in [0.717, 1.165) is 19.3 Å². The quantitative estimate of drug-likeness (QED) is 0.818. The number of nitrogens with two attached hydrogens (primary N) is 1. The van der Waals surface area contributed by atoms with Gasteiger partial charge in [-0.1, -0.05) is 20.3 Å². The maximum atomic E-state index is 12.5. The highest BCUT2D eigenvalue weighted by molar-refractivity contribution is 7.89. The molecule has 1 aliphatic rings. The summed E-state index contributed by atoms with van der Waals surface area (Å²) < 4.78 is 32.9. The molecule has 0 aliphatic heterocycles. The summed E-state index contributed by atoms with van der Waals surface area (Å²) in [7, 11) is -2.07. The van der Waals surface area contributed by atoms with Gasteiger partial charge in [-0.05, 0) is 36.8 Å². The van der Waals surface area contributed by atoms with Crippen LogP contribution in [0.5, 0.6) is 5.75 Å². The molecule has 118 valence electrons. The van der Waals surface area contributed by atoms with Gasteiger partial charge in [-0.2, -0.15) is 0 Å². The van der Waals surface area contributed by atoms with Gasteiger partial charge in [0.1, 0.15) is 10.6 Å². The van der Waals surface area contributed by atoms with E-state index in [4.69, 9.17) is 10.5 Å². The van der Waals surface area contributed by atoms with Crippen LogP contribution in [0.2, 0.25) is 0 Å². The maximum Gasteiger partial charge on any atom is 0.242 e. The molecule has 1 aromatic carbocycles. The second-order valence-corrected chi connectivity index (χ2v) is 7.42. The number of hydrogen-bond acceptors (Lipinski definition) is 4. The first-order valence-electron chi connectivity index (χ1n) is 7.35. The zero-order valence-corrected chi connectivity index (χ0v) is 13.6. The van der Waals surface area contributed by atoms with Crippen molar-refractivity contribution in [1.29, 1.82) is 0 Å². The van der Waals surface area contributed by atoms with Crippen LogP contribution >= 0.6 is 0 Å². The molecular formula is C15H24N2O3S. The molecule has 1 aromatic rings. The van der Waals surface area contributed by atoms with Gasteiger partial charge in [-0.15, -0.1) is 0 Å². The van der Waals surface area contributed by atoms with Crippen LogP contribution in [0.25, 0.3) is 0 Å². The lowest BCUT2D eigenvalue weighted by atomic mass is 9.94. The van der Waals surface area contributed by atoms with E-state index >= 15 is 0 Å². The molecule has 0 spiro atoms. The van der Waals surface area contributed by atoms with Crippen molar-refractivity contribution in [2.45, 2.75) is 44.0 Å². The zero-order valence-electron chi connectivity index (χ0n) is 12.8. The van der Waals surface area contributed by atoms with Gasteiger partial charge < -0.3 is 10.5 Å². The number of sulfonamides is 1. The Morgan fingerprint density at radius 2 is 2.10 bits per heavy atom. The van der Waals surface area contributed by atoms with Gasteiger partial charge in [-0.3, -0.25) is 0 Å². The third-order valence-electron chi connectivity index (χ3n) is 4.56. The topological polar surface area (TPSA) is 81.4 Å². The second kappa shape index (κ2) is 6.23. The van der Waals surface area contributed by atoms with Crippen molar-refractivity contribution in [3.63, 3.8) is 0 Å². The molecule has 6 heteroatoms. The highest BCUT2D eigenvalue weighted by Crippen LogP contribution is 2.35. The summed E-state index contributed by atoms with van der Waals surface area (Å²) >= 11 is 0. The molecule has 2 rings (SSSR count). The average Bonchev–Trinajstić information content (AvgIpc) is 2.78. The Morgan fingerprint density at radius 3 is 2.62 bits per heavy atom. The largest absolute Gasteiger partial charge is 0.497 e. The highest BCUT2D eigenvalue weighted by Gasteiger charge is 2.34. The normalized spacial score (nSPS) is 26.0. The van der Waals surface area contributed by atoms with Crippen LogP contribution in [0.3, 0.4) is 0 Å². The van der Waals surface area contributed by atoms with Gasteiger partial charge in [-0.25, -0.2) is 13.1 Å². The van der Waals surface area contributed by atoms with Gasteiger partial charge in [0.25, 0.3) is 0 Å². The standard InChI is InChI=1S/C15H24N2O3S/c1-4-11-5-7-14(10(11)2)17-21(18,19)15-8-6-12(20-3)9-13(15)16/h6,8-11,14,17H,4-5,7,16H2,1-3H3. The molecule has 3 unspecified atom stereocenters. The third kappa shape index (κ3) is 3.32. The molecule has 5 nitrogen and oxygen atoms in total. The molecule has 1 aliphatic carbocycles. The number of nitrogen functional groups attached to an aromatic ring is 1. The van der Waals surface area contributed by atoms with Crippen molar-refractivity contribution >= 4 is 15.7 Å². The summed E-state index contributed by atoms with van der Waals surface area (Å²) in [4.78, 5) is 0.121. The number of ether oxygens (including phenoxy) is 1. The van der Waals surface area contributed by atoms with Crippen LogP contribution in [0.4, 0.5) is 5.69 Å². The first-order chi connectivity index (χ1) is 9.89.